The molecule has 0 bridgehead atoms. The van der Waals surface area contributed by atoms with E-state index in [-0.39, 0.29) is 23.5 Å². The van der Waals surface area contributed by atoms with E-state index in [0.29, 0.717) is 52.6 Å². The molecule has 0 spiro atoms. The summed E-state index contributed by atoms with van der Waals surface area (Å²) in [6.45, 7) is 1.05. The van der Waals surface area contributed by atoms with Crippen molar-refractivity contribution in [3.8, 4) is 28.5 Å². The molecule has 1 amide bonds. The van der Waals surface area contributed by atoms with Gasteiger partial charge in [0.15, 0.2) is 17.3 Å². The number of hydrogen-bond acceptors (Lipinski definition) is 10. The van der Waals surface area contributed by atoms with Gasteiger partial charge >= 0.3 is 12.1 Å². The second kappa shape index (κ2) is 11.4. The number of hydrogen-bond donors (Lipinski definition) is 4. The highest BCUT2D eigenvalue weighted by atomic mass is 19.4. The van der Waals surface area contributed by atoms with E-state index in [0.717, 1.165) is 12.0 Å². The number of carboxylic acid groups (broad SMARTS) is 1. The standard InChI is InChI=1S/C25H23N9O2.C2HF3O2/c26-15-6-8-17(9-7-15)34-22-18(25(35)33-11-10-16(27)13-33)12-29-19(14-4-2-1-3-5-14)20(22)30-24(34)21-23(28)32-36-31-21;3-2(4,5)1(6)7/h1-9,12,16H,10-11,13,26-27H2,(H2,28,32);(H,6,7). The lowest BCUT2D eigenvalue weighted by Crippen LogP contribution is -2.32. The molecule has 0 radical (unpaired) electrons. The molecule has 13 nitrogen and oxygen atoms in total. The number of alkyl halides is 3. The molecule has 6 rings (SSSR count). The largest absolute Gasteiger partial charge is 0.490 e. The van der Waals surface area contributed by atoms with E-state index in [4.69, 9.17) is 36.7 Å². The summed E-state index contributed by atoms with van der Waals surface area (Å²) in [7, 11) is 0. The van der Waals surface area contributed by atoms with Crippen LogP contribution in [0.4, 0.5) is 24.7 Å². The van der Waals surface area contributed by atoms with Crippen molar-refractivity contribution in [2.24, 2.45) is 5.73 Å². The number of rotatable bonds is 4. The fraction of sp³-hybridized carbons (Fsp3) is 0.185. The zero-order valence-corrected chi connectivity index (χ0v) is 22.2. The Morgan fingerprint density at radius 2 is 1.67 bits per heavy atom. The van der Waals surface area contributed by atoms with Crippen molar-refractivity contribution in [2.75, 3.05) is 24.6 Å². The molecule has 0 saturated carbocycles. The van der Waals surface area contributed by atoms with Gasteiger partial charge < -0.3 is 27.2 Å². The molecule has 43 heavy (non-hydrogen) atoms. The van der Waals surface area contributed by atoms with Crippen LogP contribution in [0, 0.1) is 0 Å². The number of likely N-dealkylation sites (tertiary alicyclic amines) is 1. The van der Waals surface area contributed by atoms with Gasteiger partial charge in [0.25, 0.3) is 5.91 Å². The van der Waals surface area contributed by atoms with E-state index >= 15 is 0 Å². The molecule has 0 aliphatic carbocycles. The van der Waals surface area contributed by atoms with Crippen LogP contribution in [-0.4, -0.2) is 72.0 Å². The van der Waals surface area contributed by atoms with Gasteiger partial charge in [-0.2, -0.15) is 13.2 Å². The van der Waals surface area contributed by atoms with Crippen molar-refractivity contribution in [1.29, 1.82) is 0 Å². The van der Waals surface area contributed by atoms with Crippen molar-refractivity contribution in [2.45, 2.75) is 18.6 Å². The van der Waals surface area contributed by atoms with Crippen LogP contribution in [0.5, 0.6) is 0 Å². The summed E-state index contributed by atoms with van der Waals surface area (Å²) in [6, 6.07) is 16.8. The predicted molar refractivity (Wildman–Crippen MR) is 149 cm³/mol. The van der Waals surface area contributed by atoms with E-state index < -0.39 is 12.1 Å². The van der Waals surface area contributed by atoms with Crippen LogP contribution >= 0.6 is 0 Å². The third kappa shape index (κ3) is 5.80. The smallest absolute Gasteiger partial charge is 0.475 e. The van der Waals surface area contributed by atoms with Gasteiger partial charge in [-0.3, -0.25) is 14.3 Å². The summed E-state index contributed by atoms with van der Waals surface area (Å²) in [5.74, 6) is -2.48. The fourth-order valence-electron chi connectivity index (χ4n) is 4.58. The molecular formula is C27H24F3N9O4. The lowest BCUT2D eigenvalue weighted by Gasteiger charge is -2.18. The van der Waals surface area contributed by atoms with Crippen molar-refractivity contribution in [3.05, 3.63) is 66.4 Å². The Morgan fingerprint density at radius 1 is 1.00 bits per heavy atom. The van der Waals surface area contributed by atoms with Gasteiger partial charge in [-0.15, -0.1) is 0 Å². The number of amides is 1. The molecule has 4 heterocycles. The van der Waals surface area contributed by atoms with Crippen molar-refractivity contribution in [1.82, 2.24) is 29.7 Å². The van der Waals surface area contributed by atoms with Crippen LogP contribution in [0.3, 0.4) is 0 Å². The average Bonchev–Trinajstić information content (AvgIpc) is 3.71. The van der Waals surface area contributed by atoms with Crippen LogP contribution in [0.2, 0.25) is 0 Å². The topological polar surface area (TPSA) is 205 Å². The predicted octanol–water partition coefficient (Wildman–Crippen LogP) is 3.11. The van der Waals surface area contributed by atoms with E-state index in [9.17, 15) is 18.0 Å². The average molecular weight is 596 g/mol. The Morgan fingerprint density at radius 3 is 2.23 bits per heavy atom. The lowest BCUT2D eigenvalue weighted by molar-refractivity contribution is -0.192. The third-order valence-electron chi connectivity index (χ3n) is 6.59. The summed E-state index contributed by atoms with van der Waals surface area (Å²) in [6.07, 6.45) is -2.74. The first-order valence-electron chi connectivity index (χ1n) is 12.7. The van der Waals surface area contributed by atoms with E-state index in [1.807, 2.05) is 47.0 Å². The minimum absolute atomic E-state index is 0.0560. The van der Waals surface area contributed by atoms with Gasteiger partial charge in [-0.1, -0.05) is 30.3 Å². The molecule has 1 aliphatic heterocycles. The number of carbonyl (C=O) groups is 2. The van der Waals surface area contributed by atoms with Crippen molar-refractivity contribution >= 4 is 34.4 Å². The van der Waals surface area contributed by atoms with Crippen LogP contribution < -0.4 is 17.2 Å². The zero-order valence-electron chi connectivity index (χ0n) is 22.2. The third-order valence-corrected chi connectivity index (χ3v) is 6.59. The Bertz CT molecular complexity index is 1790. The van der Waals surface area contributed by atoms with Crippen LogP contribution in [0.25, 0.3) is 39.5 Å². The Balaban J connectivity index is 0.000000472. The number of nitrogens with two attached hydrogens (primary N) is 3. The summed E-state index contributed by atoms with van der Waals surface area (Å²) >= 11 is 0. The number of anilines is 2. The summed E-state index contributed by atoms with van der Waals surface area (Å²) in [5.41, 5.74) is 22.6. The zero-order chi connectivity index (χ0) is 30.9. The first kappa shape index (κ1) is 29.0. The number of aromatic nitrogens is 5. The lowest BCUT2D eigenvalue weighted by atomic mass is 10.1. The quantitative estimate of drug-likeness (QED) is 0.222. The number of carboxylic acids is 1. The number of benzene rings is 2. The molecule has 1 atom stereocenters. The molecule has 16 heteroatoms. The minimum atomic E-state index is -5.08. The van der Waals surface area contributed by atoms with Gasteiger partial charge in [-0.05, 0) is 41.0 Å². The molecule has 5 aromatic rings. The number of nitrogen functional groups attached to an aromatic ring is 2. The summed E-state index contributed by atoms with van der Waals surface area (Å²) in [4.78, 5) is 34.0. The molecule has 1 fully saturated rings. The van der Waals surface area contributed by atoms with E-state index in [1.54, 1.807) is 23.2 Å². The van der Waals surface area contributed by atoms with Crippen LogP contribution in [-0.2, 0) is 4.79 Å². The van der Waals surface area contributed by atoms with Crippen LogP contribution in [0.1, 0.15) is 16.8 Å². The number of pyridine rings is 1. The highest BCUT2D eigenvalue weighted by molar-refractivity contribution is 6.09. The molecule has 3 aromatic heterocycles. The van der Waals surface area contributed by atoms with Crippen molar-refractivity contribution in [3.63, 3.8) is 0 Å². The second-order valence-electron chi connectivity index (χ2n) is 9.55. The minimum Gasteiger partial charge on any atom is -0.475 e. The maximum atomic E-state index is 13.8. The Labute approximate surface area is 240 Å². The molecular weight excluding hydrogens is 571 g/mol. The number of carbonyl (C=O) groups excluding carboxylic acids is 1. The second-order valence-corrected chi connectivity index (χ2v) is 9.55. The van der Waals surface area contributed by atoms with Gasteiger partial charge in [0.1, 0.15) is 5.52 Å². The first-order chi connectivity index (χ1) is 20.5. The highest BCUT2D eigenvalue weighted by Crippen LogP contribution is 2.36. The number of aliphatic carboxylic acids is 1. The normalized spacial score (nSPS) is 14.9. The number of nitrogens with zero attached hydrogens (tertiary/aromatic N) is 6. The maximum Gasteiger partial charge on any atom is 0.490 e. The summed E-state index contributed by atoms with van der Waals surface area (Å²) < 4.78 is 38.4. The molecule has 1 saturated heterocycles. The Hall–Kier alpha value is -5.51. The maximum absolute atomic E-state index is 13.8. The molecule has 222 valence electrons. The number of halogens is 3. The van der Waals surface area contributed by atoms with E-state index in [2.05, 4.69) is 15.3 Å². The summed E-state index contributed by atoms with van der Waals surface area (Å²) in [5, 5.41) is 14.9. The SMILES string of the molecule is Nc1ccc(-n2c(-c3nonc3N)nc3c(-c4ccccc4)ncc(C(=O)N4CCC(N)C4)c32)cc1.O=C(O)C(F)(F)F. The number of imidazole rings is 1. The van der Waals surface area contributed by atoms with Gasteiger partial charge in [-0.25, -0.2) is 14.4 Å². The van der Waals surface area contributed by atoms with Crippen molar-refractivity contribution < 1.29 is 32.5 Å². The Kier molecular flexibility index (Phi) is 7.69. The molecule has 1 unspecified atom stereocenters. The molecule has 7 N–H and O–H groups in total. The van der Waals surface area contributed by atoms with Gasteiger partial charge in [0.05, 0.1) is 16.8 Å². The van der Waals surface area contributed by atoms with E-state index in [1.165, 1.54) is 0 Å². The molecule has 2 aromatic carbocycles. The fourth-order valence-corrected chi connectivity index (χ4v) is 4.58. The highest BCUT2D eigenvalue weighted by Gasteiger charge is 2.38. The first-order valence-corrected chi connectivity index (χ1v) is 12.7. The monoisotopic (exact) mass is 595 g/mol. The number of fused-ring (bicyclic) bond motifs is 1. The van der Waals surface area contributed by atoms with Gasteiger partial charge in [0, 0.05) is 42.3 Å². The van der Waals surface area contributed by atoms with Crippen LogP contribution in [0.15, 0.2) is 65.4 Å². The molecule has 1 aliphatic rings. The van der Waals surface area contributed by atoms with Gasteiger partial charge in [0.2, 0.25) is 0 Å².